The van der Waals surface area contributed by atoms with E-state index in [9.17, 15) is 0 Å². The summed E-state index contributed by atoms with van der Waals surface area (Å²) in [5.41, 5.74) is 0.537. The quantitative estimate of drug-likeness (QED) is 0.493. The minimum Gasteiger partial charge on any atom is -0.394 e. The molecule has 0 aromatic rings. The van der Waals surface area contributed by atoms with Crippen molar-refractivity contribution in [2.75, 3.05) is 13.2 Å². The average Bonchev–Trinajstić information content (AvgIpc) is 2.39. The molecule has 1 unspecified atom stereocenters. The van der Waals surface area contributed by atoms with E-state index in [-0.39, 0.29) is 5.04 Å². The first-order valence-corrected chi connectivity index (χ1v) is 10.1. The van der Waals surface area contributed by atoms with Crippen LogP contribution in [0.4, 0.5) is 0 Å². The predicted molar refractivity (Wildman–Crippen MR) is 86.8 cm³/mol. The third kappa shape index (κ3) is 3.42. The minimum atomic E-state index is -2.24. The number of hydrogen-bond acceptors (Lipinski definition) is 2. The Bertz CT molecular complexity index is 231. The van der Waals surface area contributed by atoms with Crippen molar-refractivity contribution in [3.63, 3.8) is 0 Å². The fourth-order valence-electron chi connectivity index (χ4n) is 3.76. The van der Waals surface area contributed by atoms with Crippen LogP contribution in [-0.2, 0) is 8.85 Å². The lowest BCUT2D eigenvalue weighted by atomic mass is 9.89. The molecule has 0 aliphatic heterocycles. The first-order chi connectivity index (χ1) is 8.92. The first-order valence-electron chi connectivity index (χ1n) is 8.20. The van der Waals surface area contributed by atoms with Gasteiger partial charge in [0.2, 0.25) is 0 Å². The van der Waals surface area contributed by atoms with Crippen LogP contribution in [0.1, 0.15) is 74.7 Å². The zero-order valence-electron chi connectivity index (χ0n) is 14.5. The van der Waals surface area contributed by atoms with Crippen LogP contribution in [0.2, 0.25) is 10.6 Å². The average molecular weight is 289 g/mol. The van der Waals surface area contributed by atoms with Crippen LogP contribution in [-0.4, -0.2) is 21.8 Å². The topological polar surface area (TPSA) is 18.5 Å². The van der Waals surface area contributed by atoms with E-state index in [2.05, 4.69) is 55.4 Å². The van der Waals surface area contributed by atoms with Crippen LogP contribution in [0.3, 0.4) is 0 Å². The summed E-state index contributed by atoms with van der Waals surface area (Å²) in [5.74, 6) is 0.598. The predicted octanol–water partition coefficient (Wildman–Crippen LogP) is 5.52. The van der Waals surface area contributed by atoms with E-state index < -0.39 is 8.56 Å². The molecule has 0 aliphatic rings. The van der Waals surface area contributed by atoms with Crippen LogP contribution >= 0.6 is 0 Å². The van der Waals surface area contributed by atoms with Crippen LogP contribution in [0.15, 0.2) is 0 Å². The molecule has 0 aromatic carbocycles. The molecule has 0 heterocycles. The maximum absolute atomic E-state index is 6.45. The summed E-state index contributed by atoms with van der Waals surface area (Å²) in [5, 5.41) is 0.217. The highest BCUT2D eigenvalue weighted by Gasteiger charge is 2.59. The monoisotopic (exact) mass is 288 g/mol. The Balaban J connectivity index is 5.85. The molecule has 0 rings (SSSR count). The summed E-state index contributed by atoms with van der Waals surface area (Å²) in [6.45, 7) is 19.7. The fourth-order valence-corrected chi connectivity index (χ4v) is 9.16. The third-order valence-corrected chi connectivity index (χ3v) is 10.9. The molecule has 0 bridgehead atoms. The molecule has 0 fully saturated rings. The van der Waals surface area contributed by atoms with Crippen LogP contribution < -0.4 is 0 Å². The molecule has 19 heavy (non-hydrogen) atoms. The smallest absolute Gasteiger partial charge is 0.347 e. The zero-order chi connectivity index (χ0) is 15.1. The lowest BCUT2D eigenvalue weighted by Crippen LogP contribution is -2.58. The standard InChI is InChI=1S/C16H36O2Si/c1-9-15(8)19(17-12-4,18-13-5)16(10-2,11-3)14(6)7/h14-15H,9-13H2,1-8H3. The Kier molecular flexibility index (Phi) is 8.49. The fraction of sp³-hybridized carbons (Fsp3) is 1.00. The lowest BCUT2D eigenvalue weighted by molar-refractivity contribution is 0.120. The summed E-state index contributed by atoms with van der Waals surface area (Å²) >= 11 is 0. The Labute approximate surface area is 122 Å². The molecule has 0 spiro atoms. The zero-order valence-corrected chi connectivity index (χ0v) is 15.5. The van der Waals surface area contributed by atoms with Gasteiger partial charge in [-0.25, -0.2) is 0 Å². The van der Waals surface area contributed by atoms with Gasteiger partial charge in [0.1, 0.15) is 0 Å². The van der Waals surface area contributed by atoms with Crippen molar-refractivity contribution in [3.05, 3.63) is 0 Å². The van der Waals surface area contributed by atoms with E-state index >= 15 is 0 Å². The van der Waals surface area contributed by atoms with E-state index in [0.29, 0.717) is 11.5 Å². The van der Waals surface area contributed by atoms with E-state index in [1.54, 1.807) is 0 Å². The van der Waals surface area contributed by atoms with E-state index in [4.69, 9.17) is 8.85 Å². The minimum absolute atomic E-state index is 0.217. The summed E-state index contributed by atoms with van der Waals surface area (Å²) < 4.78 is 12.9. The van der Waals surface area contributed by atoms with Gasteiger partial charge >= 0.3 is 8.56 Å². The van der Waals surface area contributed by atoms with Crippen molar-refractivity contribution in [2.24, 2.45) is 5.92 Å². The van der Waals surface area contributed by atoms with Crippen molar-refractivity contribution in [3.8, 4) is 0 Å². The Hall–Kier alpha value is 0.137. The summed E-state index contributed by atoms with van der Waals surface area (Å²) in [7, 11) is -2.24. The van der Waals surface area contributed by atoms with E-state index in [0.717, 1.165) is 32.5 Å². The molecular formula is C16H36O2Si. The van der Waals surface area contributed by atoms with Crippen molar-refractivity contribution in [1.29, 1.82) is 0 Å². The molecule has 0 aromatic heterocycles. The summed E-state index contributed by atoms with van der Waals surface area (Å²) in [6, 6.07) is 0. The van der Waals surface area contributed by atoms with Crippen LogP contribution in [0.5, 0.6) is 0 Å². The summed E-state index contributed by atoms with van der Waals surface area (Å²) in [4.78, 5) is 0. The molecule has 1 atom stereocenters. The van der Waals surface area contributed by atoms with Gasteiger partial charge in [-0.3, -0.25) is 0 Å². The highest BCUT2D eigenvalue weighted by molar-refractivity contribution is 6.72. The van der Waals surface area contributed by atoms with Crippen molar-refractivity contribution >= 4 is 8.56 Å². The SMILES string of the molecule is CCO[Si](OCC)(C(C)CC)C(CC)(CC)C(C)C. The Morgan fingerprint density at radius 2 is 1.26 bits per heavy atom. The van der Waals surface area contributed by atoms with Crippen molar-refractivity contribution in [2.45, 2.75) is 85.2 Å². The molecule has 0 saturated heterocycles. The molecule has 0 amide bonds. The maximum atomic E-state index is 6.45. The van der Waals surface area contributed by atoms with Crippen molar-refractivity contribution < 1.29 is 8.85 Å². The van der Waals surface area contributed by atoms with Crippen LogP contribution in [0.25, 0.3) is 0 Å². The molecule has 3 heteroatoms. The summed E-state index contributed by atoms with van der Waals surface area (Å²) in [6.07, 6.45) is 3.44. The first kappa shape index (κ1) is 19.1. The van der Waals surface area contributed by atoms with Gasteiger partial charge < -0.3 is 8.85 Å². The van der Waals surface area contributed by atoms with E-state index in [1.807, 2.05) is 0 Å². The Morgan fingerprint density at radius 3 is 1.47 bits per heavy atom. The number of hydrogen-bond donors (Lipinski definition) is 0. The molecule has 116 valence electrons. The second kappa shape index (κ2) is 8.43. The molecule has 0 N–H and O–H groups in total. The van der Waals surface area contributed by atoms with Gasteiger partial charge in [0.15, 0.2) is 0 Å². The van der Waals surface area contributed by atoms with Gasteiger partial charge in [-0.2, -0.15) is 0 Å². The van der Waals surface area contributed by atoms with E-state index in [1.165, 1.54) is 0 Å². The molecule has 2 nitrogen and oxygen atoms in total. The molecule has 0 radical (unpaired) electrons. The lowest BCUT2D eigenvalue weighted by Gasteiger charge is -2.52. The van der Waals surface area contributed by atoms with Gasteiger partial charge in [-0.05, 0) is 32.6 Å². The van der Waals surface area contributed by atoms with Gasteiger partial charge in [0, 0.05) is 23.8 Å². The third-order valence-electron chi connectivity index (χ3n) is 5.04. The second-order valence-corrected chi connectivity index (χ2v) is 9.75. The van der Waals surface area contributed by atoms with Crippen LogP contribution in [0, 0.1) is 5.92 Å². The highest BCUT2D eigenvalue weighted by Crippen LogP contribution is 2.56. The molecular weight excluding hydrogens is 252 g/mol. The van der Waals surface area contributed by atoms with Gasteiger partial charge in [-0.15, -0.1) is 0 Å². The molecule has 0 saturated carbocycles. The largest absolute Gasteiger partial charge is 0.394 e. The maximum Gasteiger partial charge on any atom is 0.347 e. The van der Waals surface area contributed by atoms with Gasteiger partial charge in [0.25, 0.3) is 0 Å². The Morgan fingerprint density at radius 1 is 0.842 bits per heavy atom. The highest BCUT2D eigenvalue weighted by atomic mass is 28.4. The second-order valence-electron chi connectivity index (χ2n) is 5.86. The normalized spacial score (nSPS) is 15.0. The van der Waals surface area contributed by atoms with Gasteiger partial charge in [0.05, 0.1) is 0 Å². The number of rotatable bonds is 10. The van der Waals surface area contributed by atoms with Gasteiger partial charge in [-0.1, -0.05) is 48.0 Å². The molecule has 0 aliphatic carbocycles. The van der Waals surface area contributed by atoms with Crippen molar-refractivity contribution in [1.82, 2.24) is 0 Å².